The number of nitrogens with one attached hydrogen (secondary N) is 1. The number of urea groups is 1. The van der Waals surface area contributed by atoms with Crippen molar-refractivity contribution in [1.29, 1.82) is 0 Å². The molecular formula is C17H30N4O2. The van der Waals surface area contributed by atoms with Gasteiger partial charge < -0.3 is 15.0 Å². The number of carbonyl (C=O) groups is 1. The lowest BCUT2D eigenvalue weighted by Crippen LogP contribution is -2.44. The Morgan fingerprint density at radius 2 is 2.30 bits per heavy atom. The number of aryl methyl sites for hydroxylation is 2. The minimum atomic E-state index is -0.0283. The number of likely N-dealkylation sites (N-methyl/N-ethyl adjacent to an activating group) is 1. The first kappa shape index (κ1) is 17.8. The highest BCUT2D eigenvalue weighted by molar-refractivity contribution is 5.73. The predicted octanol–water partition coefficient (Wildman–Crippen LogP) is 2.35. The van der Waals surface area contributed by atoms with Gasteiger partial charge in [0, 0.05) is 39.0 Å². The Balaban J connectivity index is 1.71. The van der Waals surface area contributed by atoms with E-state index in [0.717, 1.165) is 37.4 Å². The lowest BCUT2D eigenvalue weighted by atomic mass is 10.1. The maximum atomic E-state index is 12.2. The van der Waals surface area contributed by atoms with E-state index in [4.69, 9.17) is 4.74 Å². The van der Waals surface area contributed by atoms with Crippen LogP contribution >= 0.6 is 0 Å². The summed E-state index contributed by atoms with van der Waals surface area (Å²) in [5.41, 5.74) is 2.19. The maximum absolute atomic E-state index is 12.2. The molecule has 0 aromatic carbocycles. The SMILES string of the molecule is Cc1cc(C)n(CC(C)CNC(=O)N(C)CC2CCCCO2)n1. The van der Waals surface area contributed by atoms with Crippen LogP contribution in [0.3, 0.4) is 0 Å². The van der Waals surface area contributed by atoms with E-state index >= 15 is 0 Å². The van der Waals surface area contributed by atoms with Gasteiger partial charge in [-0.3, -0.25) is 4.68 Å². The van der Waals surface area contributed by atoms with E-state index in [0.29, 0.717) is 19.0 Å². The molecule has 23 heavy (non-hydrogen) atoms. The predicted molar refractivity (Wildman–Crippen MR) is 90.5 cm³/mol. The van der Waals surface area contributed by atoms with E-state index < -0.39 is 0 Å². The summed E-state index contributed by atoms with van der Waals surface area (Å²) in [6, 6.07) is 2.04. The van der Waals surface area contributed by atoms with Crippen LogP contribution in [0.4, 0.5) is 4.79 Å². The van der Waals surface area contributed by atoms with Crippen molar-refractivity contribution in [2.45, 2.75) is 52.7 Å². The van der Waals surface area contributed by atoms with Crippen molar-refractivity contribution in [2.75, 3.05) is 26.7 Å². The smallest absolute Gasteiger partial charge is 0.317 e. The minimum absolute atomic E-state index is 0.0283. The summed E-state index contributed by atoms with van der Waals surface area (Å²) in [4.78, 5) is 13.9. The second-order valence-electron chi connectivity index (χ2n) is 6.77. The molecule has 0 aliphatic carbocycles. The quantitative estimate of drug-likeness (QED) is 0.874. The zero-order valence-electron chi connectivity index (χ0n) is 14.8. The molecule has 6 heteroatoms. The van der Waals surface area contributed by atoms with Crippen LogP contribution in [0.25, 0.3) is 0 Å². The van der Waals surface area contributed by atoms with Gasteiger partial charge in [-0.25, -0.2) is 4.79 Å². The van der Waals surface area contributed by atoms with E-state index in [1.807, 2.05) is 18.7 Å². The van der Waals surface area contributed by atoms with Crippen molar-refractivity contribution < 1.29 is 9.53 Å². The summed E-state index contributed by atoms with van der Waals surface area (Å²) in [6.07, 6.45) is 3.56. The van der Waals surface area contributed by atoms with Crippen LogP contribution in [0.5, 0.6) is 0 Å². The summed E-state index contributed by atoms with van der Waals surface area (Å²) in [6.45, 7) is 9.13. The first-order valence-corrected chi connectivity index (χ1v) is 8.57. The van der Waals surface area contributed by atoms with Crippen molar-refractivity contribution in [3.05, 3.63) is 17.5 Å². The third-order valence-electron chi connectivity index (χ3n) is 4.29. The summed E-state index contributed by atoms with van der Waals surface area (Å²) >= 11 is 0. The number of aromatic nitrogens is 2. The van der Waals surface area contributed by atoms with Crippen LogP contribution in [-0.4, -0.2) is 53.6 Å². The fourth-order valence-corrected chi connectivity index (χ4v) is 2.96. The van der Waals surface area contributed by atoms with Gasteiger partial charge in [0.1, 0.15) is 0 Å². The van der Waals surface area contributed by atoms with Crippen molar-refractivity contribution in [1.82, 2.24) is 20.0 Å². The van der Waals surface area contributed by atoms with Crippen LogP contribution < -0.4 is 5.32 Å². The van der Waals surface area contributed by atoms with Crippen LogP contribution in [0.1, 0.15) is 37.6 Å². The number of ether oxygens (including phenoxy) is 1. The monoisotopic (exact) mass is 322 g/mol. The third-order valence-corrected chi connectivity index (χ3v) is 4.29. The molecule has 0 bridgehead atoms. The van der Waals surface area contributed by atoms with Gasteiger partial charge in [-0.2, -0.15) is 5.10 Å². The molecule has 2 rings (SSSR count). The van der Waals surface area contributed by atoms with Gasteiger partial charge >= 0.3 is 6.03 Å². The number of rotatable bonds is 6. The average Bonchev–Trinajstić information content (AvgIpc) is 2.83. The molecule has 2 unspecified atom stereocenters. The fourth-order valence-electron chi connectivity index (χ4n) is 2.96. The summed E-state index contributed by atoms with van der Waals surface area (Å²) in [7, 11) is 1.83. The lowest BCUT2D eigenvalue weighted by molar-refractivity contribution is 0.00383. The maximum Gasteiger partial charge on any atom is 0.317 e. The summed E-state index contributed by atoms with van der Waals surface area (Å²) in [5, 5.41) is 7.48. The summed E-state index contributed by atoms with van der Waals surface area (Å²) < 4.78 is 7.69. The van der Waals surface area contributed by atoms with Gasteiger partial charge in [-0.15, -0.1) is 0 Å². The van der Waals surface area contributed by atoms with Crippen LogP contribution in [0.15, 0.2) is 6.07 Å². The highest BCUT2D eigenvalue weighted by Crippen LogP contribution is 2.13. The molecule has 1 aliphatic rings. The number of carbonyl (C=O) groups excluding carboxylic acids is 1. The third kappa shape index (κ3) is 5.53. The van der Waals surface area contributed by atoms with Gasteiger partial charge in [0.25, 0.3) is 0 Å². The van der Waals surface area contributed by atoms with E-state index in [-0.39, 0.29) is 12.1 Å². The van der Waals surface area contributed by atoms with Crippen molar-refractivity contribution in [3.8, 4) is 0 Å². The molecule has 2 heterocycles. The second-order valence-corrected chi connectivity index (χ2v) is 6.77. The molecule has 0 radical (unpaired) electrons. The molecule has 0 spiro atoms. The minimum Gasteiger partial charge on any atom is -0.376 e. The first-order chi connectivity index (χ1) is 11.0. The van der Waals surface area contributed by atoms with Crippen molar-refractivity contribution in [2.24, 2.45) is 5.92 Å². The van der Waals surface area contributed by atoms with E-state index in [2.05, 4.69) is 30.3 Å². The zero-order valence-corrected chi connectivity index (χ0v) is 14.8. The zero-order chi connectivity index (χ0) is 16.8. The molecule has 1 fully saturated rings. The number of hydrogen-bond acceptors (Lipinski definition) is 3. The Labute approximate surface area is 139 Å². The Morgan fingerprint density at radius 3 is 2.91 bits per heavy atom. The van der Waals surface area contributed by atoms with Gasteiger partial charge in [-0.1, -0.05) is 6.92 Å². The van der Waals surface area contributed by atoms with Gasteiger partial charge in [0.05, 0.1) is 11.8 Å². The van der Waals surface area contributed by atoms with Gasteiger partial charge in [0.2, 0.25) is 0 Å². The van der Waals surface area contributed by atoms with Gasteiger partial charge in [0.15, 0.2) is 0 Å². The highest BCUT2D eigenvalue weighted by Gasteiger charge is 2.19. The molecule has 1 aromatic rings. The Kier molecular flexibility index (Phi) is 6.45. The highest BCUT2D eigenvalue weighted by atomic mass is 16.5. The molecule has 1 N–H and O–H groups in total. The van der Waals surface area contributed by atoms with Crippen molar-refractivity contribution >= 4 is 6.03 Å². The molecule has 1 aromatic heterocycles. The number of hydrogen-bond donors (Lipinski definition) is 1. The molecule has 2 amide bonds. The van der Waals surface area contributed by atoms with Gasteiger partial charge in [-0.05, 0) is 45.1 Å². The molecule has 1 aliphatic heterocycles. The van der Waals surface area contributed by atoms with Crippen LogP contribution in [-0.2, 0) is 11.3 Å². The Hall–Kier alpha value is -1.56. The molecular weight excluding hydrogens is 292 g/mol. The molecule has 6 nitrogen and oxygen atoms in total. The fraction of sp³-hybridized carbons (Fsp3) is 0.765. The lowest BCUT2D eigenvalue weighted by Gasteiger charge is -2.27. The Morgan fingerprint density at radius 1 is 1.52 bits per heavy atom. The largest absolute Gasteiger partial charge is 0.376 e. The first-order valence-electron chi connectivity index (χ1n) is 8.57. The molecule has 1 saturated heterocycles. The van der Waals surface area contributed by atoms with Crippen LogP contribution in [0, 0.1) is 19.8 Å². The molecule has 130 valence electrons. The molecule has 2 atom stereocenters. The van der Waals surface area contributed by atoms with E-state index in [9.17, 15) is 4.79 Å². The van der Waals surface area contributed by atoms with E-state index in [1.54, 1.807) is 4.90 Å². The standard InChI is InChI=1S/C17H30N4O2/c1-13(11-21-15(3)9-14(2)19-21)10-18-17(22)20(4)12-16-7-5-6-8-23-16/h9,13,16H,5-8,10-12H2,1-4H3,(H,18,22). The normalized spacial score (nSPS) is 19.4. The number of nitrogens with zero attached hydrogens (tertiary/aromatic N) is 3. The van der Waals surface area contributed by atoms with E-state index in [1.165, 1.54) is 6.42 Å². The Bertz CT molecular complexity index is 509. The topological polar surface area (TPSA) is 59.4 Å². The molecule has 0 saturated carbocycles. The van der Waals surface area contributed by atoms with Crippen LogP contribution in [0.2, 0.25) is 0 Å². The number of amides is 2. The average molecular weight is 322 g/mol. The van der Waals surface area contributed by atoms with Crippen molar-refractivity contribution in [3.63, 3.8) is 0 Å². The summed E-state index contributed by atoms with van der Waals surface area (Å²) in [5.74, 6) is 0.330. The second kappa shape index (κ2) is 8.34.